The van der Waals surface area contributed by atoms with Crippen molar-refractivity contribution in [3.8, 4) is 0 Å². The number of hydrogen-bond donors (Lipinski definition) is 1. The molecule has 1 N–H and O–H groups in total. The Balaban J connectivity index is 0.00000162. The monoisotopic (exact) mass is 342 g/mol. The number of nitrogens with one attached hydrogen (secondary N) is 1. The smallest absolute Gasteiger partial charge is 0.0531 e. The minimum absolute atomic E-state index is 0. The minimum Gasteiger partial charge on any atom is -0.314 e. The van der Waals surface area contributed by atoms with Gasteiger partial charge in [-0.1, -0.05) is 29.3 Å². The van der Waals surface area contributed by atoms with Crippen molar-refractivity contribution in [3.63, 3.8) is 0 Å². The molecule has 108 valence electrons. The van der Waals surface area contributed by atoms with Crippen LogP contribution in [0.4, 0.5) is 0 Å². The average molecular weight is 344 g/mol. The van der Waals surface area contributed by atoms with Gasteiger partial charge in [0, 0.05) is 36.2 Å². The van der Waals surface area contributed by atoms with Gasteiger partial charge in [-0.15, -0.1) is 31.4 Å². The number of benzene rings is 1. The number of rotatable bonds is 3. The fraction of sp³-hybridized carbons (Fsp3) is 0.385. The largest absolute Gasteiger partial charge is 0.314 e. The molecule has 0 unspecified atom stereocenters. The quantitative estimate of drug-likeness (QED) is 0.835. The summed E-state index contributed by atoms with van der Waals surface area (Å²) in [4.78, 5) is 2.38. The van der Waals surface area contributed by atoms with E-state index in [-0.39, 0.29) is 30.9 Å². The van der Waals surface area contributed by atoms with Gasteiger partial charge in [0.1, 0.15) is 0 Å². The molecule has 1 aromatic carbocycles. The van der Waals surface area contributed by atoms with Crippen molar-refractivity contribution in [2.75, 3.05) is 26.2 Å². The summed E-state index contributed by atoms with van der Waals surface area (Å²) in [5.41, 5.74) is 1.11. The summed E-state index contributed by atoms with van der Waals surface area (Å²) >= 11 is 12.1. The molecule has 0 radical (unpaired) electrons. The molecule has 0 spiro atoms. The third kappa shape index (κ3) is 5.14. The van der Waals surface area contributed by atoms with Crippen LogP contribution in [0.2, 0.25) is 10.0 Å². The van der Waals surface area contributed by atoms with Gasteiger partial charge in [0.2, 0.25) is 0 Å². The van der Waals surface area contributed by atoms with Gasteiger partial charge in [-0.05, 0) is 23.8 Å². The number of nitrogens with zero attached hydrogens (tertiary/aromatic N) is 1. The Hall–Kier alpha value is 0.0400. The molecule has 2 nitrogen and oxygen atoms in total. The summed E-state index contributed by atoms with van der Waals surface area (Å²) in [6, 6.07) is 5.86. The van der Waals surface area contributed by atoms with Crippen LogP contribution in [-0.2, 0) is 0 Å². The van der Waals surface area contributed by atoms with Gasteiger partial charge in [0.25, 0.3) is 0 Å². The molecule has 1 aromatic rings. The van der Waals surface area contributed by atoms with Gasteiger partial charge < -0.3 is 5.32 Å². The molecule has 0 saturated carbocycles. The van der Waals surface area contributed by atoms with Crippen molar-refractivity contribution in [3.05, 3.63) is 46.5 Å². The van der Waals surface area contributed by atoms with Crippen LogP contribution in [0.3, 0.4) is 0 Å². The first-order valence-corrected chi connectivity index (χ1v) is 6.49. The van der Waals surface area contributed by atoms with E-state index in [9.17, 15) is 0 Å². The molecule has 2 rings (SSSR count). The Labute approximate surface area is 137 Å². The Morgan fingerprint density at radius 2 is 1.63 bits per heavy atom. The van der Waals surface area contributed by atoms with E-state index in [1.54, 1.807) is 6.07 Å². The zero-order chi connectivity index (χ0) is 12.3. The maximum atomic E-state index is 6.04. The molecule has 1 atom stereocenters. The first kappa shape index (κ1) is 19.0. The Morgan fingerprint density at radius 3 is 2.11 bits per heavy atom. The second-order valence-corrected chi connectivity index (χ2v) is 5.04. The zero-order valence-corrected chi connectivity index (χ0v) is 13.6. The van der Waals surface area contributed by atoms with Crippen molar-refractivity contribution in [1.82, 2.24) is 10.2 Å². The van der Waals surface area contributed by atoms with Gasteiger partial charge in [-0.2, -0.15) is 0 Å². The van der Waals surface area contributed by atoms with Crippen molar-refractivity contribution < 1.29 is 0 Å². The summed E-state index contributed by atoms with van der Waals surface area (Å²) in [6.07, 6.45) is 1.95. The van der Waals surface area contributed by atoms with Gasteiger partial charge >= 0.3 is 0 Å². The molecule has 1 aliphatic rings. The topological polar surface area (TPSA) is 15.3 Å². The summed E-state index contributed by atoms with van der Waals surface area (Å²) in [7, 11) is 0. The van der Waals surface area contributed by atoms with Gasteiger partial charge in [-0.3, -0.25) is 4.90 Å². The van der Waals surface area contributed by atoms with E-state index in [1.807, 2.05) is 18.2 Å². The molecule has 19 heavy (non-hydrogen) atoms. The lowest BCUT2D eigenvalue weighted by atomic mass is 10.0. The lowest BCUT2D eigenvalue weighted by Gasteiger charge is -2.33. The summed E-state index contributed by atoms with van der Waals surface area (Å²) < 4.78 is 0. The van der Waals surface area contributed by atoms with E-state index in [2.05, 4.69) is 16.8 Å². The summed E-state index contributed by atoms with van der Waals surface area (Å²) in [5, 5.41) is 4.69. The molecule has 0 amide bonds. The molecule has 6 heteroatoms. The lowest BCUT2D eigenvalue weighted by Crippen LogP contribution is -2.44. The molecule has 1 fully saturated rings. The highest BCUT2D eigenvalue weighted by Gasteiger charge is 2.19. The molecule has 0 bridgehead atoms. The lowest BCUT2D eigenvalue weighted by molar-refractivity contribution is 0.203. The van der Waals surface area contributed by atoms with Crippen LogP contribution >= 0.6 is 48.0 Å². The van der Waals surface area contributed by atoms with Crippen molar-refractivity contribution in [1.29, 1.82) is 0 Å². The molecular weight excluding hydrogens is 326 g/mol. The summed E-state index contributed by atoms with van der Waals surface area (Å²) in [6.45, 7) is 7.98. The Bertz CT molecular complexity index is 385. The molecule has 1 heterocycles. The number of piperazine rings is 1. The van der Waals surface area contributed by atoms with E-state index in [1.165, 1.54) is 0 Å². The fourth-order valence-corrected chi connectivity index (χ4v) is 2.75. The molecular formula is C13H18Cl4N2. The predicted octanol–water partition coefficient (Wildman–Crippen LogP) is 3.97. The molecule has 0 aromatic heterocycles. The van der Waals surface area contributed by atoms with Crippen LogP contribution in [0.1, 0.15) is 11.6 Å². The van der Waals surface area contributed by atoms with E-state index in [4.69, 9.17) is 23.2 Å². The number of hydrogen-bond acceptors (Lipinski definition) is 2. The van der Waals surface area contributed by atoms with Crippen LogP contribution in [0.15, 0.2) is 30.9 Å². The van der Waals surface area contributed by atoms with Gasteiger partial charge in [0.05, 0.1) is 6.04 Å². The van der Waals surface area contributed by atoms with Crippen LogP contribution < -0.4 is 5.32 Å². The zero-order valence-electron chi connectivity index (χ0n) is 10.4. The fourth-order valence-electron chi connectivity index (χ4n) is 2.20. The van der Waals surface area contributed by atoms with Gasteiger partial charge in [-0.25, -0.2) is 0 Å². The normalized spacial score (nSPS) is 16.9. The highest BCUT2D eigenvalue weighted by Crippen LogP contribution is 2.28. The Kier molecular flexibility index (Phi) is 9.08. The first-order valence-electron chi connectivity index (χ1n) is 5.74. The predicted molar refractivity (Wildman–Crippen MR) is 88.3 cm³/mol. The van der Waals surface area contributed by atoms with Crippen LogP contribution in [0.25, 0.3) is 0 Å². The van der Waals surface area contributed by atoms with Crippen molar-refractivity contribution in [2.45, 2.75) is 6.04 Å². The summed E-state index contributed by atoms with van der Waals surface area (Å²) in [5.74, 6) is 0. The van der Waals surface area contributed by atoms with E-state index < -0.39 is 0 Å². The minimum atomic E-state index is 0. The standard InChI is InChI=1S/C13H16Cl2N2.2ClH/c1-2-13(17-5-3-16-4-6-17)10-7-11(14)9-12(15)8-10;;/h2,7-9,13,16H,1,3-6H2;2*1H/t13-;;/m1../s1. The first-order chi connectivity index (χ1) is 8.20. The average Bonchev–Trinajstić information content (AvgIpc) is 2.30. The van der Waals surface area contributed by atoms with E-state index >= 15 is 0 Å². The second kappa shape index (κ2) is 9.06. The van der Waals surface area contributed by atoms with Crippen LogP contribution in [0, 0.1) is 0 Å². The highest BCUT2D eigenvalue weighted by atomic mass is 35.5. The van der Waals surface area contributed by atoms with Crippen molar-refractivity contribution in [2.24, 2.45) is 0 Å². The number of halogens is 4. The third-order valence-electron chi connectivity index (χ3n) is 2.99. The molecule has 1 aliphatic heterocycles. The second-order valence-electron chi connectivity index (χ2n) is 4.17. The van der Waals surface area contributed by atoms with Crippen LogP contribution in [-0.4, -0.2) is 31.1 Å². The maximum absolute atomic E-state index is 6.04. The van der Waals surface area contributed by atoms with Gasteiger partial charge in [0.15, 0.2) is 0 Å². The van der Waals surface area contributed by atoms with E-state index in [0.717, 1.165) is 31.7 Å². The third-order valence-corrected chi connectivity index (χ3v) is 3.43. The maximum Gasteiger partial charge on any atom is 0.0531 e. The van der Waals surface area contributed by atoms with Crippen molar-refractivity contribution >= 4 is 48.0 Å². The molecule has 0 aliphatic carbocycles. The highest BCUT2D eigenvalue weighted by molar-refractivity contribution is 6.34. The SMILES string of the molecule is C=C[C@H](c1cc(Cl)cc(Cl)c1)N1CCNCC1.Cl.Cl. The van der Waals surface area contributed by atoms with E-state index in [0.29, 0.717) is 10.0 Å². The molecule has 1 saturated heterocycles. The van der Waals surface area contributed by atoms with Crippen LogP contribution in [0.5, 0.6) is 0 Å². The Morgan fingerprint density at radius 1 is 1.11 bits per heavy atom.